The van der Waals surface area contributed by atoms with E-state index in [9.17, 15) is 4.79 Å². The van der Waals surface area contributed by atoms with Crippen molar-refractivity contribution in [1.29, 1.82) is 0 Å². The van der Waals surface area contributed by atoms with Crippen molar-refractivity contribution in [2.24, 2.45) is 0 Å². The fourth-order valence-corrected chi connectivity index (χ4v) is 1.58. The largest absolute Gasteiger partial charge is 0.392 e. The second-order valence-electron chi connectivity index (χ2n) is 3.11. The van der Waals surface area contributed by atoms with Crippen LogP contribution in [0.3, 0.4) is 0 Å². The van der Waals surface area contributed by atoms with Crippen LogP contribution in [0.2, 0.25) is 0 Å². The number of nitrogens with one attached hydrogen (secondary N) is 1. The second-order valence-corrected chi connectivity index (χ2v) is 4.09. The second kappa shape index (κ2) is 6.48. The maximum atomic E-state index is 11.4. The molecular weight excluding hydrogens is 210 g/mol. The molecule has 0 atom stereocenters. The zero-order valence-electron chi connectivity index (χ0n) is 8.69. The van der Waals surface area contributed by atoms with Gasteiger partial charge in [-0.05, 0) is 12.3 Å². The van der Waals surface area contributed by atoms with Gasteiger partial charge in [-0.2, -0.15) is 11.8 Å². The monoisotopic (exact) mass is 225 g/mol. The zero-order chi connectivity index (χ0) is 11.1. The molecule has 4 heteroatoms. The highest BCUT2D eigenvalue weighted by Crippen LogP contribution is 2.15. The summed E-state index contributed by atoms with van der Waals surface area (Å²) < 4.78 is 0. The Labute approximate surface area is 93.9 Å². The smallest absolute Gasteiger partial charge is 0.225 e. The van der Waals surface area contributed by atoms with Crippen molar-refractivity contribution in [3.8, 4) is 0 Å². The van der Waals surface area contributed by atoms with E-state index in [0.29, 0.717) is 12.1 Å². The van der Waals surface area contributed by atoms with E-state index in [1.54, 1.807) is 23.9 Å². The molecule has 0 aliphatic rings. The minimum atomic E-state index is -0.0566. The van der Waals surface area contributed by atoms with Crippen molar-refractivity contribution in [3.63, 3.8) is 0 Å². The Kier molecular flexibility index (Phi) is 5.21. The van der Waals surface area contributed by atoms with Crippen LogP contribution < -0.4 is 5.32 Å². The van der Waals surface area contributed by atoms with Crippen molar-refractivity contribution in [2.75, 3.05) is 17.3 Å². The molecule has 2 N–H and O–H groups in total. The molecular formula is C11H15NO2S. The van der Waals surface area contributed by atoms with Crippen LogP contribution in [0.25, 0.3) is 0 Å². The molecule has 1 amide bonds. The van der Waals surface area contributed by atoms with Crippen LogP contribution in [0, 0.1) is 0 Å². The summed E-state index contributed by atoms with van der Waals surface area (Å²) in [6, 6.07) is 7.26. The number of benzene rings is 1. The topological polar surface area (TPSA) is 49.3 Å². The minimum absolute atomic E-state index is 0.00903. The molecule has 0 radical (unpaired) electrons. The average molecular weight is 225 g/mol. The predicted molar refractivity (Wildman–Crippen MR) is 64.0 cm³/mol. The number of hydrogen-bond donors (Lipinski definition) is 2. The fraction of sp³-hybridized carbons (Fsp3) is 0.364. The molecule has 0 fully saturated rings. The minimum Gasteiger partial charge on any atom is -0.392 e. The van der Waals surface area contributed by atoms with E-state index in [2.05, 4.69) is 5.32 Å². The summed E-state index contributed by atoms with van der Waals surface area (Å²) in [5.41, 5.74) is 1.45. The van der Waals surface area contributed by atoms with E-state index < -0.39 is 0 Å². The Bertz CT molecular complexity index is 328. The van der Waals surface area contributed by atoms with E-state index >= 15 is 0 Å². The Balaban J connectivity index is 2.59. The highest BCUT2D eigenvalue weighted by Gasteiger charge is 2.04. The molecule has 0 aliphatic heterocycles. The first kappa shape index (κ1) is 12.1. The summed E-state index contributed by atoms with van der Waals surface area (Å²) >= 11 is 1.64. The van der Waals surface area contributed by atoms with Crippen LogP contribution in [0.15, 0.2) is 24.3 Å². The van der Waals surface area contributed by atoms with Crippen LogP contribution in [0.4, 0.5) is 5.69 Å². The third-order valence-electron chi connectivity index (χ3n) is 2.00. The molecule has 3 nitrogen and oxygen atoms in total. The first-order valence-electron chi connectivity index (χ1n) is 4.75. The molecule has 1 aromatic carbocycles. The Hall–Kier alpha value is -1.00. The molecule has 0 bridgehead atoms. The SMILES string of the molecule is CSCCC(=O)Nc1ccccc1CO. The molecule has 15 heavy (non-hydrogen) atoms. The molecule has 0 heterocycles. The lowest BCUT2D eigenvalue weighted by Crippen LogP contribution is -2.13. The van der Waals surface area contributed by atoms with Gasteiger partial charge in [-0.25, -0.2) is 0 Å². The highest BCUT2D eigenvalue weighted by molar-refractivity contribution is 7.98. The van der Waals surface area contributed by atoms with Crippen LogP contribution in [0.1, 0.15) is 12.0 Å². The van der Waals surface area contributed by atoms with Crippen LogP contribution >= 0.6 is 11.8 Å². The maximum Gasteiger partial charge on any atom is 0.225 e. The molecule has 0 saturated carbocycles. The predicted octanol–water partition coefficient (Wildman–Crippen LogP) is 1.87. The maximum absolute atomic E-state index is 11.4. The van der Waals surface area contributed by atoms with E-state index in [0.717, 1.165) is 11.3 Å². The van der Waals surface area contributed by atoms with E-state index in [1.165, 1.54) is 0 Å². The van der Waals surface area contributed by atoms with Crippen molar-refractivity contribution in [2.45, 2.75) is 13.0 Å². The Morgan fingerprint density at radius 1 is 1.47 bits per heavy atom. The lowest BCUT2D eigenvalue weighted by Gasteiger charge is -2.08. The number of rotatable bonds is 5. The van der Waals surface area contributed by atoms with Gasteiger partial charge in [-0.3, -0.25) is 4.79 Å². The first-order chi connectivity index (χ1) is 7.27. The summed E-state index contributed by atoms with van der Waals surface area (Å²) in [7, 11) is 0. The molecule has 0 spiro atoms. The number of carbonyl (C=O) groups excluding carboxylic acids is 1. The van der Waals surface area contributed by atoms with Gasteiger partial charge >= 0.3 is 0 Å². The Morgan fingerprint density at radius 2 is 2.20 bits per heavy atom. The molecule has 1 aromatic rings. The first-order valence-corrected chi connectivity index (χ1v) is 6.15. The van der Waals surface area contributed by atoms with Crippen LogP contribution in [0.5, 0.6) is 0 Å². The average Bonchev–Trinajstić information content (AvgIpc) is 2.27. The standard InChI is InChI=1S/C11H15NO2S/c1-15-7-6-11(14)12-10-5-3-2-4-9(10)8-13/h2-5,13H,6-8H2,1H3,(H,12,14). The molecule has 82 valence electrons. The third kappa shape index (κ3) is 3.93. The number of amides is 1. The van der Waals surface area contributed by atoms with Crippen molar-refractivity contribution in [3.05, 3.63) is 29.8 Å². The van der Waals surface area contributed by atoms with Gasteiger partial charge in [-0.1, -0.05) is 18.2 Å². The lowest BCUT2D eigenvalue weighted by molar-refractivity contribution is -0.115. The molecule has 0 aliphatic carbocycles. The lowest BCUT2D eigenvalue weighted by atomic mass is 10.2. The van der Waals surface area contributed by atoms with E-state index in [1.807, 2.05) is 18.4 Å². The summed E-state index contributed by atoms with van der Waals surface area (Å²) in [5, 5.41) is 11.8. The van der Waals surface area contributed by atoms with Gasteiger partial charge in [0, 0.05) is 23.4 Å². The molecule has 0 aromatic heterocycles. The molecule has 0 saturated heterocycles. The summed E-state index contributed by atoms with van der Waals surface area (Å²) in [6.45, 7) is -0.0566. The molecule has 1 rings (SSSR count). The third-order valence-corrected chi connectivity index (χ3v) is 2.61. The molecule has 0 unspecified atom stereocenters. The number of anilines is 1. The van der Waals surface area contributed by atoms with Gasteiger partial charge in [0.2, 0.25) is 5.91 Å². The van der Waals surface area contributed by atoms with Crippen LogP contribution in [-0.4, -0.2) is 23.0 Å². The van der Waals surface area contributed by atoms with E-state index in [-0.39, 0.29) is 12.5 Å². The highest BCUT2D eigenvalue weighted by atomic mass is 32.2. The quantitative estimate of drug-likeness (QED) is 0.804. The number of aliphatic hydroxyl groups is 1. The normalized spacial score (nSPS) is 10.0. The number of aliphatic hydroxyl groups excluding tert-OH is 1. The fourth-order valence-electron chi connectivity index (χ4n) is 1.19. The zero-order valence-corrected chi connectivity index (χ0v) is 9.51. The van der Waals surface area contributed by atoms with Crippen molar-refractivity contribution >= 4 is 23.4 Å². The van der Waals surface area contributed by atoms with E-state index in [4.69, 9.17) is 5.11 Å². The van der Waals surface area contributed by atoms with Gasteiger partial charge in [0.15, 0.2) is 0 Å². The van der Waals surface area contributed by atoms with Crippen LogP contribution in [-0.2, 0) is 11.4 Å². The van der Waals surface area contributed by atoms with Gasteiger partial charge in [0.1, 0.15) is 0 Å². The van der Waals surface area contributed by atoms with Gasteiger partial charge < -0.3 is 10.4 Å². The van der Waals surface area contributed by atoms with Gasteiger partial charge in [-0.15, -0.1) is 0 Å². The number of hydrogen-bond acceptors (Lipinski definition) is 3. The number of carbonyl (C=O) groups is 1. The summed E-state index contributed by atoms with van der Waals surface area (Å²) in [6.07, 6.45) is 2.47. The number of para-hydroxylation sites is 1. The van der Waals surface area contributed by atoms with Crippen molar-refractivity contribution in [1.82, 2.24) is 0 Å². The van der Waals surface area contributed by atoms with Crippen molar-refractivity contribution < 1.29 is 9.90 Å². The van der Waals surface area contributed by atoms with Gasteiger partial charge in [0.05, 0.1) is 6.61 Å². The summed E-state index contributed by atoms with van der Waals surface area (Å²) in [5.74, 6) is 0.804. The van der Waals surface area contributed by atoms with Gasteiger partial charge in [0.25, 0.3) is 0 Å². The Morgan fingerprint density at radius 3 is 2.87 bits per heavy atom. The summed E-state index contributed by atoms with van der Waals surface area (Å²) in [4.78, 5) is 11.4. The number of thioether (sulfide) groups is 1.